The molecular weight excluding hydrogens is 676 g/mol. The third kappa shape index (κ3) is 9.59. The number of hydrogen-bond donors (Lipinski definition) is 5. The monoisotopic (exact) mass is 698 g/mol. The second-order valence-corrected chi connectivity index (χ2v) is 13.9. The molecule has 0 aliphatic rings. The zero-order valence-corrected chi connectivity index (χ0v) is 26.1. The molecule has 0 aliphatic carbocycles. The van der Waals surface area contributed by atoms with Gasteiger partial charge in [0, 0.05) is 11.4 Å². The smallest absolute Gasteiger partial charge is 0.397 e. The minimum absolute atomic E-state index is 0.0772. The number of nitrogens with zero attached hydrogens (tertiary/aromatic N) is 5. The zero-order chi connectivity index (χ0) is 33.0. The largest absolute Gasteiger partial charge is 0.397 e. The summed E-state index contributed by atoms with van der Waals surface area (Å²) >= 11 is 6.06. The molecule has 0 radical (unpaired) electrons. The first-order valence-electron chi connectivity index (χ1n) is 12.3. The average molecular weight is 699 g/mol. The molecule has 1 heterocycles. The van der Waals surface area contributed by atoms with E-state index in [4.69, 9.17) is 21.9 Å². The number of anilines is 5. The fourth-order valence-electron chi connectivity index (χ4n) is 3.53. The highest BCUT2D eigenvalue weighted by molar-refractivity contribution is 7.91. The summed E-state index contributed by atoms with van der Waals surface area (Å²) in [6, 6.07) is 14.5. The number of nitrogens with two attached hydrogens (primary N) is 1. The van der Waals surface area contributed by atoms with Crippen LogP contribution in [0.25, 0.3) is 0 Å². The van der Waals surface area contributed by atoms with Gasteiger partial charge in [-0.15, -0.1) is 10.2 Å². The Morgan fingerprint density at radius 2 is 1.40 bits per heavy atom. The minimum atomic E-state index is -5.01. The lowest BCUT2D eigenvalue weighted by Crippen LogP contribution is -2.16. The van der Waals surface area contributed by atoms with Crippen molar-refractivity contribution in [1.82, 2.24) is 15.0 Å². The number of nitrogen functional groups attached to an aromatic ring is 1. The lowest BCUT2D eigenvalue weighted by atomic mass is 10.2. The van der Waals surface area contributed by atoms with Gasteiger partial charge in [0.1, 0.15) is 16.3 Å². The van der Waals surface area contributed by atoms with Gasteiger partial charge in [-0.05, 0) is 67.1 Å². The van der Waals surface area contributed by atoms with Crippen LogP contribution in [-0.4, -0.2) is 61.7 Å². The number of aromatic nitrogens is 3. The summed E-state index contributed by atoms with van der Waals surface area (Å²) in [5.41, 5.74) is 8.04. The Kier molecular flexibility index (Phi) is 9.97. The third-order valence-electron chi connectivity index (χ3n) is 5.62. The van der Waals surface area contributed by atoms with E-state index in [2.05, 4.69) is 40.0 Å². The fraction of sp³-hybridized carbons (Fsp3) is 0.125. The first kappa shape index (κ1) is 33.6. The van der Waals surface area contributed by atoms with Crippen molar-refractivity contribution in [3.63, 3.8) is 0 Å². The Morgan fingerprint density at radius 3 is 2.00 bits per heavy atom. The van der Waals surface area contributed by atoms with Crippen molar-refractivity contribution < 1.29 is 38.5 Å². The molecule has 4 rings (SSSR count). The molecular formula is C24H23ClN8O9S3. The third-order valence-corrected chi connectivity index (χ3v) is 8.81. The van der Waals surface area contributed by atoms with Gasteiger partial charge >= 0.3 is 10.4 Å². The number of sulfone groups is 1. The summed E-state index contributed by atoms with van der Waals surface area (Å²) in [5.74, 6) is -0.660. The number of azo groups is 1. The molecule has 0 saturated carbocycles. The van der Waals surface area contributed by atoms with E-state index < -0.39 is 58.2 Å². The highest BCUT2D eigenvalue weighted by Gasteiger charge is 2.23. The summed E-state index contributed by atoms with van der Waals surface area (Å²) < 4.78 is 92.6. The van der Waals surface area contributed by atoms with Gasteiger partial charge in [-0.25, -0.2) is 12.6 Å². The molecule has 4 aromatic rings. The van der Waals surface area contributed by atoms with Crippen LogP contribution >= 0.6 is 11.6 Å². The number of aryl methyl sites for hydroxylation is 1. The lowest BCUT2D eigenvalue weighted by molar-refractivity contribution is 0.284. The summed E-state index contributed by atoms with van der Waals surface area (Å²) in [7, 11) is -14.2. The van der Waals surface area contributed by atoms with Gasteiger partial charge in [0.15, 0.2) is 9.84 Å². The van der Waals surface area contributed by atoms with Gasteiger partial charge in [0.25, 0.3) is 10.1 Å². The maximum absolute atomic E-state index is 12.5. The van der Waals surface area contributed by atoms with E-state index in [0.29, 0.717) is 11.8 Å². The highest BCUT2D eigenvalue weighted by atomic mass is 35.5. The highest BCUT2D eigenvalue weighted by Crippen LogP contribution is 2.32. The molecule has 3 aromatic carbocycles. The first-order valence-corrected chi connectivity index (χ1v) is 17.1. The Bertz CT molecular complexity index is 2100. The molecule has 21 heteroatoms. The van der Waals surface area contributed by atoms with Crippen molar-refractivity contribution in [2.75, 3.05) is 28.7 Å². The average Bonchev–Trinajstić information content (AvgIpc) is 2.92. The van der Waals surface area contributed by atoms with Crippen molar-refractivity contribution in [2.45, 2.75) is 16.7 Å². The predicted octanol–water partition coefficient (Wildman–Crippen LogP) is 4.16. The summed E-state index contributed by atoms with van der Waals surface area (Å²) in [4.78, 5) is 10.9. The van der Waals surface area contributed by atoms with Gasteiger partial charge in [0.2, 0.25) is 17.2 Å². The van der Waals surface area contributed by atoms with E-state index in [1.165, 1.54) is 18.2 Å². The Balaban J connectivity index is 1.53. The second kappa shape index (κ2) is 13.4. The van der Waals surface area contributed by atoms with Crippen molar-refractivity contribution in [1.29, 1.82) is 0 Å². The van der Waals surface area contributed by atoms with E-state index in [1.54, 1.807) is 0 Å². The predicted molar refractivity (Wildman–Crippen MR) is 163 cm³/mol. The number of halogens is 1. The number of nitrogens with one attached hydrogen (secondary N) is 2. The summed E-state index contributed by atoms with van der Waals surface area (Å²) in [6.45, 7) is 1.01. The van der Waals surface area contributed by atoms with E-state index in [1.807, 2.05) is 31.2 Å². The van der Waals surface area contributed by atoms with Gasteiger partial charge in [0.05, 0.1) is 22.9 Å². The van der Waals surface area contributed by atoms with Gasteiger partial charge in [-0.2, -0.15) is 31.8 Å². The molecule has 0 fully saturated rings. The number of hydrogen-bond acceptors (Lipinski definition) is 15. The molecule has 1 aromatic heterocycles. The van der Waals surface area contributed by atoms with Crippen molar-refractivity contribution >= 4 is 82.3 Å². The fourth-order valence-corrected chi connectivity index (χ4v) is 5.93. The quantitative estimate of drug-likeness (QED) is 0.0789. The summed E-state index contributed by atoms with van der Waals surface area (Å²) in [5, 5.41) is 13.6. The Hall–Kier alpha value is -4.31. The van der Waals surface area contributed by atoms with Crippen molar-refractivity contribution in [3.05, 3.63) is 71.5 Å². The SMILES string of the molecule is Cc1ccc(Nc2nc(Cl)nc(Nc3ccc(/N=N/c4ccc(S(=O)(=O)CCOS(=O)(=O)O)cc4S(=O)(=O)O)c(N)c3)n2)cc1. The Morgan fingerprint density at radius 1 is 0.822 bits per heavy atom. The zero-order valence-electron chi connectivity index (χ0n) is 22.9. The lowest BCUT2D eigenvalue weighted by Gasteiger charge is -2.10. The van der Waals surface area contributed by atoms with E-state index in [0.717, 1.165) is 23.4 Å². The van der Waals surface area contributed by atoms with Crippen LogP contribution in [0.3, 0.4) is 0 Å². The number of benzene rings is 3. The van der Waals surface area contributed by atoms with E-state index >= 15 is 0 Å². The second-order valence-electron chi connectivity index (χ2n) is 9.01. The van der Waals surface area contributed by atoms with Crippen LogP contribution in [0.15, 0.2) is 80.7 Å². The maximum atomic E-state index is 12.5. The van der Waals surface area contributed by atoms with Gasteiger partial charge in [-0.1, -0.05) is 17.7 Å². The van der Waals surface area contributed by atoms with Crippen LogP contribution in [0.2, 0.25) is 5.28 Å². The standard InChI is InChI=1S/C24H23ClN8O9S3/c1-14-2-4-15(5-3-14)27-23-29-22(25)30-24(31-23)28-16-6-8-19(18(26)12-16)32-33-20-9-7-17(13-21(20)44(36,37)38)43(34,35)11-10-42-45(39,40)41/h2-9,12-13H,10-11,26H2,1H3,(H,36,37,38)(H,39,40,41)(H2,27,28,29,30,31)/b33-32+. The van der Waals surface area contributed by atoms with E-state index in [-0.39, 0.29) is 28.6 Å². The maximum Gasteiger partial charge on any atom is 0.397 e. The van der Waals surface area contributed by atoms with Crippen LogP contribution in [0.1, 0.15) is 5.56 Å². The minimum Gasteiger partial charge on any atom is -0.397 e. The molecule has 0 bridgehead atoms. The van der Waals surface area contributed by atoms with Crippen LogP contribution in [-0.2, 0) is 34.5 Å². The van der Waals surface area contributed by atoms with Crippen LogP contribution in [0, 0.1) is 6.92 Å². The van der Waals surface area contributed by atoms with E-state index in [9.17, 15) is 29.8 Å². The molecule has 45 heavy (non-hydrogen) atoms. The molecule has 0 spiro atoms. The topological polar surface area (TPSA) is 266 Å². The molecule has 238 valence electrons. The van der Waals surface area contributed by atoms with Gasteiger partial charge in [-0.3, -0.25) is 9.11 Å². The van der Waals surface area contributed by atoms with Crippen LogP contribution in [0.5, 0.6) is 0 Å². The molecule has 17 nitrogen and oxygen atoms in total. The molecule has 0 aliphatic heterocycles. The normalized spacial score (nSPS) is 12.4. The molecule has 0 amide bonds. The van der Waals surface area contributed by atoms with Crippen molar-refractivity contribution in [3.8, 4) is 0 Å². The van der Waals surface area contributed by atoms with Crippen LogP contribution < -0.4 is 16.4 Å². The van der Waals surface area contributed by atoms with Gasteiger partial charge < -0.3 is 16.4 Å². The first-order chi connectivity index (χ1) is 21.0. The number of rotatable bonds is 12. The Labute approximate surface area is 262 Å². The molecule has 0 atom stereocenters. The summed E-state index contributed by atoms with van der Waals surface area (Å²) in [6.07, 6.45) is 0. The van der Waals surface area contributed by atoms with Crippen LogP contribution in [0.4, 0.5) is 40.3 Å². The molecule has 0 unspecified atom stereocenters. The molecule has 6 N–H and O–H groups in total. The van der Waals surface area contributed by atoms with Crippen molar-refractivity contribution in [2.24, 2.45) is 10.2 Å². The molecule has 0 saturated heterocycles.